The molecular formula is C19H28F3N3O2. The number of hydrogen-bond donors (Lipinski definition) is 2. The van der Waals surface area contributed by atoms with E-state index in [1.807, 2.05) is 0 Å². The van der Waals surface area contributed by atoms with Crippen LogP contribution >= 0.6 is 0 Å². The Morgan fingerprint density at radius 3 is 2.52 bits per heavy atom. The number of guanidine groups is 1. The smallest absolute Gasteiger partial charge is 0.381 e. The van der Waals surface area contributed by atoms with Gasteiger partial charge in [-0.05, 0) is 42.9 Å². The fraction of sp³-hybridized carbons (Fsp3) is 0.632. The van der Waals surface area contributed by atoms with Crippen molar-refractivity contribution >= 4 is 5.96 Å². The normalized spacial score (nSPS) is 16.4. The van der Waals surface area contributed by atoms with Gasteiger partial charge < -0.3 is 20.1 Å². The molecule has 27 heavy (non-hydrogen) atoms. The molecule has 8 heteroatoms. The van der Waals surface area contributed by atoms with Crippen molar-refractivity contribution in [2.24, 2.45) is 10.9 Å². The van der Waals surface area contributed by atoms with Crippen LogP contribution in [0.5, 0.6) is 0 Å². The first kappa shape index (κ1) is 21.5. The highest BCUT2D eigenvalue weighted by molar-refractivity contribution is 5.79. The minimum Gasteiger partial charge on any atom is -0.381 e. The van der Waals surface area contributed by atoms with Gasteiger partial charge in [0.25, 0.3) is 0 Å². The fourth-order valence-corrected chi connectivity index (χ4v) is 2.76. The summed E-state index contributed by atoms with van der Waals surface area (Å²) in [6.07, 6.45) is -1.32. The molecule has 1 heterocycles. The van der Waals surface area contributed by atoms with Gasteiger partial charge in [-0.25, -0.2) is 0 Å². The van der Waals surface area contributed by atoms with E-state index in [4.69, 9.17) is 9.47 Å². The molecule has 0 spiro atoms. The van der Waals surface area contributed by atoms with E-state index in [0.29, 0.717) is 31.6 Å². The SMILES string of the molecule is CN=C(NCCCOCC1CCOCC1)NCc1ccc(C(F)(F)F)cc1. The molecule has 5 nitrogen and oxygen atoms in total. The summed E-state index contributed by atoms with van der Waals surface area (Å²) in [6.45, 7) is 4.23. The van der Waals surface area contributed by atoms with Crippen molar-refractivity contribution in [2.75, 3.05) is 40.0 Å². The molecule has 1 aromatic rings. The molecule has 0 radical (unpaired) electrons. The zero-order chi connectivity index (χ0) is 19.5. The molecule has 2 N–H and O–H groups in total. The van der Waals surface area contributed by atoms with Gasteiger partial charge in [0.1, 0.15) is 0 Å². The van der Waals surface area contributed by atoms with E-state index in [-0.39, 0.29) is 0 Å². The maximum Gasteiger partial charge on any atom is 0.416 e. The lowest BCUT2D eigenvalue weighted by atomic mass is 10.0. The lowest BCUT2D eigenvalue weighted by Crippen LogP contribution is -2.37. The zero-order valence-corrected chi connectivity index (χ0v) is 15.6. The van der Waals surface area contributed by atoms with Crippen LogP contribution in [-0.4, -0.2) is 46.0 Å². The average Bonchev–Trinajstić information content (AvgIpc) is 2.67. The Labute approximate surface area is 158 Å². The van der Waals surface area contributed by atoms with Crippen LogP contribution in [0.3, 0.4) is 0 Å². The summed E-state index contributed by atoms with van der Waals surface area (Å²) in [5, 5.41) is 6.26. The minimum absolute atomic E-state index is 0.401. The number of ether oxygens (including phenoxy) is 2. The van der Waals surface area contributed by atoms with Gasteiger partial charge in [0, 0.05) is 46.6 Å². The molecule has 1 aliphatic rings. The molecule has 0 atom stereocenters. The number of hydrogen-bond acceptors (Lipinski definition) is 3. The quantitative estimate of drug-likeness (QED) is 0.409. The van der Waals surface area contributed by atoms with Crippen LogP contribution in [0.1, 0.15) is 30.4 Å². The maximum absolute atomic E-state index is 12.6. The lowest BCUT2D eigenvalue weighted by molar-refractivity contribution is -0.137. The van der Waals surface area contributed by atoms with Gasteiger partial charge in [0.2, 0.25) is 0 Å². The first-order valence-corrected chi connectivity index (χ1v) is 9.25. The molecule has 0 saturated carbocycles. The summed E-state index contributed by atoms with van der Waals surface area (Å²) in [4.78, 5) is 4.11. The molecule has 1 saturated heterocycles. The van der Waals surface area contributed by atoms with E-state index in [9.17, 15) is 13.2 Å². The van der Waals surface area contributed by atoms with E-state index in [2.05, 4.69) is 15.6 Å². The van der Waals surface area contributed by atoms with Crippen LogP contribution in [0.4, 0.5) is 13.2 Å². The predicted octanol–water partition coefficient (Wildman–Crippen LogP) is 3.20. The molecule has 152 valence electrons. The van der Waals surface area contributed by atoms with E-state index in [1.165, 1.54) is 12.1 Å². The van der Waals surface area contributed by atoms with Crippen LogP contribution < -0.4 is 10.6 Å². The van der Waals surface area contributed by atoms with Gasteiger partial charge in [0.15, 0.2) is 5.96 Å². The highest BCUT2D eigenvalue weighted by Gasteiger charge is 2.29. The van der Waals surface area contributed by atoms with Crippen molar-refractivity contribution in [3.05, 3.63) is 35.4 Å². The summed E-state index contributed by atoms with van der Waals surface area (Å²) < 4.78 is 48.7. The molecular weight excluding hydrogens is 359 g/mol. The van der Waals surface area contributed by atoms with Crippen molar-refractivity contribution in [1.29, 1.82) is 0 Å². The molecule has 0 aromatic heterocycles. The number of rotatable bonds is 8. The molecule has 1 fully saturated rings. The van der Waals surface area contributed by atoms with E-state index in [1.54, 1.807) is 7.05 Å². The van der Waals surface area contributed by atoms with E-state index < -0.39 is 11.7 Å². The Morgan fingerprint density at radius 2 is 1.89 bits per heavy atom. The Hall–Kier alpha value is -1.80. The van der Waals surface area contributed by atoms with Crippen molar-refractivity contribution in [3.63, 3.8) is 0 Å². The van der Waals surface area contributed by atoms with Crippen LogP contribution in [0.15, 0.2) is 29.3 Å². The molecule has 0 unspecified atom stereocenters. The standard InChI is InChI=1S/C19H28F3N3O2/c1-23-18(24-9-2-10-27-14-16-7-11-26-12-8-16)25-13-15-3-5-17(6-4-15)19(20,21)22/h3-6,16H,2,7-14H2,1H3,(H2,23,24,25). The highest BCUT2D eigenvalue weighted by Crippen LogP contribution is 2.29. The van der Waals surface area contributed by atoms with Crippen LogP contribution in [0.2, 0.25) is 0 Å². The molecule has 0 bridgehead atoms. The zero-order valence-electron chi connectivity index (χ0n) is 15.6. The molecule has 0 aliphatic carbocycles. The largest absolute Gasteiger partial charge is 0.416 e. The van der Waals surface area contributed by atoms with Gasteiger partial charge >= 0.3 is 6.18 Å². The number of nitrogens with one attached hydrogen (secondary N) is 2. The van der Waals surface area contributed by atoms with Crippen molar-refractivity contribution in [1.82, 2.24) is 10.6 Å². The van der Waals surface area contributed by atoms with Gasteiger partial charge in [-0.1, -0.05) is 12.1 Å². The average molecular weight is 387 g/mol. The molecule has 1 aliphatic heterocycles. The number of halogens is 3. The number of nitrogens with zero attached hydrogens (tertiary/aromatic N) is 1. The van der Waals surface area contributed by atoms with Crippen LogP contribution in [0, 0.1) is 5.92 Å². The Bertz CT molecular complexity index is 571. The summed E-state index contributed by atoms with van der Waals surface area (Å²) in [6, 6.07) is 5.10. The summed E-state index contributed by atoms with van der Waals surface area (Å²) in [7, 11) is 1.66. The Balaban J connectivity index is 1.58. The van der Waals surface area contributed by atoms with Crippen molar-refractivity contribution in [3.8, 4) is 0 Å². The predicted molar refractivity (Wildman–Crippen MR) is 98.6 cm³/mol. The molecule has 1 aromatic carbocycles. The molecule has 0 amide bonds. The van der Waals surface area contributed by atoms with E-state index >= 15 is 0 Å². The maximum atomic E-state index is 12.6. The summed E-state index contributed by atoms with van der Waals surface area (Å²) in [5.41, 5.74) is 0.111. The lowest BCUT2D eigenvalue weighted by Gasteiger charge is -2.21. The van der Waals surface area contributed by atoms with Gasteiger partial charge in [-0.15, -0.1) is 0 Å². The third kappa shape index (κ3) is 8.17. The third-order valence-electron chi connectivity index (χ3n) is 4.42. The Morgan fingerprint density at radius 1 is 1.19 bits per heavy atom. The van der Waals surface area contributed by atoms with Crippen LogP contribution in [-0.2, 0) is 22.2 Å². The number of benzene rings is 1. The van der Waals surface area contributed by atoms with Gasteiger partial charge in [-0.3, -0.25) is 4.99 Å². The monoisotopic (exact) mass is 387 g/mol. The first-order chi connectivity index (χ1) is 13.0. The first-order valence-electron chi connectivity index (χ1n) is 9.25. The molecule has 2 rings (SSSR count). The van der Waals surface area contributed by atoms with Crippen LogP contribution in [0.25, 0.3) is 0 Å². The second kappa shape index (κ2) is 11.1. The number of alkyl halides is 3. The topological polar surface area (TPSA) is 54.9 Å². The van der Waals surface area contributed by atoms with E-state index in [0.717, 1.165) is 56.8 Å². The fourth-order valence-electron chi connectivity index (χ4n) is 2.76. The summed E-state index contributed by atoms with van der Waals surface area (Å²) >= 11 is 0. The highest BCUT2D eigenvalue weighted by atomic mass is 19.4. The van der Waals surface area contributed by atoms with Gasteiger partial charge in [0.05, 0.1) is 5.56 Å². The Kier molecular flexibility index (Phi) is 8.87. The van der Waals surface area contributed by atoms with Gasteiger partial charge in [-0.2, -0.15) is 13.2 Å². The third-order valence-corrected chi connectivity index (χ3v) is 4.42. The summed E-state index contributed by atoms with van der Waals surface area (Å²) in [5.74, 6) is 1.21. The second-order valence-electron chi connectivity index (χ2n) is 6.53. The second-order valence-corrected chi connectivity index (χ2v) is 6.53. The minimum atomic E-state index is -4.31. The number of aliphatic imine (C=N–C) groups is 1. The van der Waals surface area contributed by atoms with Crippen molar-refractivity contribution in [2.45, 2.75) is 32.0 Å². The van der Waals surface area contributed by atoms with Crippen molar-refractivity contribution < 1.29 is 22.6 Å².